The molecule has 0 aromatic carbocycles. The van der Waals surface area contributed by atoms with Crippen molar-refractivity contribution in [2.45, 2.75) is 25.8 Å². The topological polar surface area (TPSA) is 89.2 Å². The van der Waals surface area contributed by atoms with E-state index in [2.05, 4.69) is 6.92 Å². The van der Waals surface area contributed by atoms with Crippen molar-refractivity contribution in [2.75, 3.05) is 60.0 Å². The van der Waals surface area contributed by atoms with E-state index < -0.39 is 12.0 Å². The van der Waals surface area contributed by atoms with Gasteiger partial charge in [0.25, 0.3) is 0 Å². The average molecular weight is 307 g/mol. The van der Waals surface area contributed by atoms with Gasteiger partial charge in [0.1, 0.15) is 12.6 Å². The molecule has 7 heteroatoms. The van der Waals surface area contributed by atoms with Crippen LogP contribution in [0.2, 0.25) is 0 Å². The van der Waals surface area contributed by atoms with Gasteiger partial charge < -0.3 is 29.4 Å². The zero-order valence-electron chi connectivity index (χ0n) is 13.2. The van der Waals surface area contributed by atoms with Crippen molar-refractivity contribution in [3.05, 3.63) is 0 Å². The molecular weight excluding hydrogens is 278 g/mol. The Balaban J connectivity index is 3.17. The number of ether oxygens (including phenoxy) is 5. The third-order valence-electron chi connectivity index (χ3n) is 2.51. The zero-order chi connectivity index (χ0) is 15.8. The minimum Gasteiger partial charge on any atom is -0.462 e. The molecule has 126 valence electrons. The van der Waals surface area contributed by atoms with Crippen molar-refractivity contribution in [1.29, 1.82) is 0 Å². The summed E-state index contributed by atoms with van der Waals surface area (Å²) in [6.07, 6.45) is 2.21. The fraction of sp³-hybridized carbons (Fsp3) is 0.929. The maximum Gasteiger partial charge on any atom is 0.325 e. The van der Waals surface area contributed by atoms with Crippen molar-refractivity contribution in [1.82, 2.24) is 0 Å². The summed E-state index contributed by atoms with van der Waals surface area (Å²) in [5.41, 5.74) is 5.49. The molecule has 0 aliphatic rings. The van der Waals surface area contributed by atoms with Gasteiger partial charge in [-0.05, 0) is 6.42 Å². The first-order valence-corrected chi connectivity index (χ1v) is 7.36. The molecule has 0 aliphatic carbocycles. The molecule has 0 radical (unpaired) electrons. The second-order valence-electron chi connectivity index (χ2n) is 4.42. The van der Waals surface area contributed by atoms with Crippen LogP contribution >= 0.6 is 0 Å². The SMILES string of the molecule is CCCCOCCOCCOCCOC(=O)C(N)COC. The summed E-state index contributed by atoms with van der Waals surface area (Å²) in [6, 6.07) is -0.744. The van der Waals surface area contributed by atoms with E-state index >= 15 is 0 Å². The summed E-state index contributed by atoms with van der Waals surface area (Å²) in [4.78, 5) is 11.3. The van der Waals surface area contributed by atoms with Crippen LogP contribution in [0.5, 0.6) is 0 Å². The summed E-state index contributed by atoms with van der Waals surface area (Å²) in [5.74, 6) is -0.485. The van der Waals surface area contributed by atoms with Gasteiger partial charge in [-0.25, -0.2) is 0 Å². The Labute approximate surface area is 127 Å². The zero-order valence-corrected chi connectivity index (χ0v) is 13.2. The van der Waals surface area contributed by atoms with E-state index in [1.807, 2.05) is 0 Å². The van der Waals surface area contributed by atoms with E-state index in [4.69, 9.17) is 29.4 Å². The predicted molar refractivity (Wildman–Crippen MR) is 78.2 cm³/mol. The number of unbranched alkanes of at least 4 members (excludes halogenated alkanes) is 1. The third-order valence-corrected chi connectivity index (χ3v) is 2.51. The lowest BCUT2D eigenvalue weighted by molar-refractivity contribution is -0.148. The van der Waals surface area contributed by atoms with Crippen molar-refractivity contribution >= 4 is 5.97 Å². The highest BCUT2D eigenvalue weighted by Crippen LogP contribution is 1.89. The molecular formula is C14H29NO6. The van der Waals surface area contributed by atoms with Crippen LogP contribution in [0.15, 0.2) is 0 Å². The molecule has 0 fully saturated rings. The summed E-state index contributed by atoms with van der Waals surface area (Å²) < 4.78 is 25.6. The largest absolute Gasteiger partial charge is 0.462 e. The Morgan fingerprint density at radius 3 is 2.00 bits per heavy atom. The lowest BCUT2D eigenvalue weighted by Crippen LogP contribution is -2.36. The summed E-state index contributed by atoms with van der Waals surface area (Å²) >= 11 is 0. The predicted octanol–water partition coefficient (Wildman–Crippen LogP) is 0.353. The van der Waals surface area contributed by atoms with Crippen molar-refractivity contribution < 1.29 is 28.5 Å². The van der Waals surface area contributed by atoms with Crippen LogP contribution in [0.4, 0.5) is 0 Å². The normalized spacial score (nSPS) is 12.3. The monoisotopic (exact) mass is 307 g/mol. The van der Waals surface area contributed by atoms with Crippen LogP contribution in [0.3, 0.4) is 0 Å². The van der Waals surface area contributed by atoms with Gasteiger partial charge in [-0.2, -0.15) is 0 Å². The Bertz CT molecular complexity index is 240. The Morgan fingerprint density at radius 2 is 1.48 bits per heavy atom. The molecule has 0 rings (SSSR count). The van der Waals surface area contributed by atoms with Crippen LogP contribution in [0.25, 0.3) is 0 Å². The molecule has 1 unspecified atom stereocenters. The van der Waals surface area contributed by atoms with Gasteiger partial charge in [0.2, 0.25) is 0 Å². The number of nitrogens with two attached hydrogens (primary N) is 1. The van der Waals surface area contributed by atoms with Crippen LogP contribution in [-0.2, 0) is 28.5 Å². The summed E-state index contributed by atoms with van der Waals surface area (Å²) in [6.45, 7) is 5.67. The first-order valence-electron chi connectivity index (χ1n) is 7.36. The highest BCUT2D eigenvalue weighted by Gasteiger charge is 2.13. The number of carbonyl (C=O) groups excluding carboxylic acids is 1. The molecule has 7 nitrogen and oxygen atoms in total. The lowest BCUT2D eigenvalue weighted by atomic mass is 10.3. The molecule has 21 heavy (non-hydrogen) atoms. The van der Waals surface area contributed by atoms with Crippen LogP contribution in [-0.4, -0.2) is 72.0 Å². The lowest BCUT2D eigenvalue weighted by Gasteiger charge is -2.10. The number of rotatable bonds is 15. The quantitative estimate of drug-likeness (QED) is 0.345. The van der Waals surface area contributed by atoms with E-state index in [0.717, 1.165) is 19.4 Å². The molecule has 0 aliphatic heterocycles. The number of carbonyl (C=O) groups is 1. The van der Waals surface area contributed by atoms with Gasteiger partial charge in [0.05, 0.1) is 39.6 Å². The first kappa shape index (κ1) is 20.3. The van der Waals surface area contributed by atoms with E-state index in [0.29, 0.717) is 33.0 Å². The van der Waals surface area contributed by atoms with Gasteiger partial charge in [-0.3, -0.25) is 4.79 Å². The van der Waals surface area contributed by atoms with E-state index in [9.17, 15) is 4.79 Å². The molecule has 1 atom stereocenters. The third kappa shape index (κ3) is 14.0. The number of hydrogen-bond donors (Lipinski definition) is 1. The first-order chi connectivity index (χ1) is 10.2. The molecule has 2 N–H and O–H groups in total. The van der Waals surface area contributed by atoms with E-state index in [1.165, 1.54) is 7.11 Å². The maximum absolute atomic E-state index is 11.3. The standard InChI is InChI=1S/C14H29NO6/c1-3-4-5-18-6-7-19-8-9-20-10-11-21-14(16)13(15)12-17-2/h13H,3-12,15H2,1-2H3. The van der Waals surface area contributed by atoms with Crippen molar-refractivity contribution in [2.24, 2.45) is 5.73 Å². The number of esters is 1. The molecule has 0 aromatic heterocycles. The second-order valence-corrected chi connectivity index (χ2v) is 4.42. The van der Waals surface area contributed by atoms with Crippen molar-refractivity contribution in [3.63, 3.8) is 0 Å². The molecule has 0 bridgehead atoms. The Morgan fingerprint density at radius 1 is 0.952 bits per heavy atom. The van der Waals surface area contributed by atoms with Crippen LogP contribution < -0.4 is 5.73 Å². The maximum atomic E-state index is 11.3. The van der Waals surface area contributed by atoms with Gasteiger partial charge in [-0.1, -0.05) is 13.3 Å². The molecule has 0 saturated carbocycles. The van der Waals surface area contributed by atoms with Gasteiger partial charge >= 0.3 is 5.97 Å². The molecule has 0 heterocycles. The Hall–Kier alpha value is -0.730. The fourth-order valence-corrected chi connectivity index (χ4v) is 1.34. The summed E-state index contributed by atoms with van der Waals surface area (Å²) in [5, 5.41) is 0. The van der Waals surface area contributed by atoms with E-state index in [1.54, 1.807) is 0 Å². The molecule has 0 aromatic rings. The van der Waals surface area contributed by atoms with Crippen LogP contribution in [0, 0.1) is 0 Å². The molecule has 0 saturated heterocycles. The minimum atomic E-state index is -0.744. The van der Waals surface area contributed by atoms with E-state index in [-0.39, 0.29) is 13.2 Å². The highest BCUT2D eigenvalue weighted by atomic mass is 16.6. The molecule has 0 spiro atoms. The minimum absolute atomic E-state index is 0.147. The van der Waals surface area contributed by atoms with Crippen LogP contribution in [0.1, 0.15) is 19.8 Å². The second kappa shape index (κ2) is 15.7. The smallest absolute Gasteiger partial charge is 0.325 e. The number of methoxy groups -OCH3 is 1. The fourth-order valence-electron chi connectivity index (χ4n) is 1.34. The van der Waals surface area contributed by atoms with Gasteiger partial charge in [-0.15, -0.1) is 0 Å². The van der Waals surface area contributed by atoms with Gasteiger partial charge in [0.15, 0.2) is 0 Å². The van der Waals surface area contributed by atoms with Gasteiger partial charge in [0, 0.05) is 13.7 Å². The molecule has 0 amide bonds. The summed E-state index contributed by atoms with van der Waals surface area (Å²) in [7, 11) is 1.48. The number of hydrogen-bond acceptors (Lipinski definition) is 7. The van der Waals surface area contributed by atoms with Crippen molar-refractivity contribution in [3.8, 4) is 0 Å². The highest BCUT2D eigenvalue weighted by molar-refractivity contribution is 5.75. The average Bonchev–Trinajstić information content (AvgIpc) is 2.48. The Kier molecular flexibility index (Phi) is 15.1.